The Morgan fingerprint density at radius 3 is 2.76 bits per heavy atom. The SMILES string of the molecule is C=CC(=O)Nc1cccc(Sc2cc(Nc3nc(C)c(C4CCN(C)CC4)cc3OC)nc3ccnn23)c1. The molecule has 0 unspecified atom stereocenters. The zero-order chi connectivity index (χ0) is 26.6. The highest BCUT2D eigenvalue weighted by Crippen LogP contribution is 2.36. The van der Waals surface area contributed by atoms with E-state index in [1.54, 1.807) is 17.8 Å². The van der Waals surface area contributed by atoms with E-state index in [0.29, 0.717) is 34.6 Å². The molecule has 4 aromatic rings. The molecule has 196 valence electrons. The van der Waals surface area contributed by atoms with Crippen LogP contribution in [0, 0.1) is 6.92 Å². The lowest BCUT2D eigenvalue weighted by atomic mass is 9.88. The Balaban J connectivity index is 1.43. The van der Waals surface area contributed by atoms with Gasteiger partial charge in [-0.2, -0.15) is 5.10 Å². The number of hydrogen-bond acceptors (Lipinski definition) is 8. The minimum absolute atomic E-state index is 0.254. The maximum Gasteiger partial charge on any atom is 0.247 e. The van der Waals surface area contributed by atoms with Gasteiger partial charge in [0.2, 0.25) is 5.91 Å². The number of likely N-dealkylation sites (tertiary alicyclic amines) is 1. The number of methoxy groups -OCH3 is 1. The van der Waals surface area contributed by atoms with Crippen molar-refractivity contribution in [1.29, 1.82) is 0 Å². The molecule has 1 fully saturated rings. The average molecular weight is 530 g/mol. The van der Waals surface area contributed by atoms with Crippen LogP contribution in [0.4, 0.5) is 17.3 Å². The summed E-state index contributed by atoms with van der Waals surface area (Å²) in [5, 5.41) is 11.5. The number of aromatic nitrogens is 4. The van der Waals surface area contributed by atoms with E-state index in [1.165, 1.54) is 23.4 Å². The summed E-state index contributed by atoms with van der Waals surface area (Å²) in [7, 11) is 3.84. The standard InChI is InChI=1S/C28H31N7O2S/c1-5-26(36)31-20-7-6-8-21(15-20)38-27-17-24(32-25-9-12-29-35(25)27)33-28-23(37-4)16-22(18(2)30-28)19-10-13-34(3)14-11-19/h5-9,12,15-17,19H,1,10-11,13-14H2,2-4H3,(H,31,36)(H,30,32,33). The molecule has 9 nitrogen and oxygen atoms in total. The largest absolute Gasteiger partial charge is 0.493 e. The lowest BCUT2D eigenvalue weighted by molar-refractivity contribution is -0.111. The molecular formula is C28H31N7O2S. The van der Waals surface area contributed by atoms with Crippen LogP contribution in [-0.4, -0.2) is 57.6 Å². The van der Waals surface area contributed by atoms with Crippen molar-refractivity contribution >= 4 is 40.6 Å². The summed E-state index contributed by atoms with van der Waals surface area (Å²) < 4.78 is 7.53. The summed E-state index contributed by atoms with van der Waals surface area (Å²) in [4.78, 5) is 24.7. The first kappa shape index (κ1) is 25.7. The predicted molar refractivity (Wildman–Crippen MR) is 151 cm³/mol. The predicted octanol–water partition coefficient (Wildman–Crippen LogP) is 5.27. The van der Waals surface area contributed by atoms with Crippen molar-refractivity contribution in [2.24, 2.45) is 0 Å². The number of aryl methyl sites for hydroxylation is 1. The van der Waals surface area contributed by atoms with E-state index >= 15 is 0 Å². The first-order chi connectivity index (χ1) is 18.4. The molecule has 38 heavy (non-hydrogen) atoms. The second-order valence-electron chi connectivity index (χ2n) is 9.32. The number of anilines is 3. The summed E-state index contributed by atoms with van der Waals surface area (Å²) in [5.74, 6) is 2.19. The third kappa shape index (κ3) is 5.66. The van der Waals surface area contributed by atoms with Crippen LogP contribution in [-0.2, 0) is 4.79 Å². The van der Waals surface area contributed by atoms with Crippen molar-refractivity contribution in [3.8, 4) is 5.75 Å². The number of benzene rings is 1. The number of piperidine rings is 1. The Hall–Kier alpha value is -3.89. The van der Waals surface area contributed by atoms with Crippen LogP contribution in [0.5, 0.6) is 5.75 Å². The molecule has 0 aliphatic carbocycles. The fraction of sp³-hybridized carbons (Fsp3) is 0.286. The average Bonchev–Trinajstić information content (AvgIpc) is 3.39. The minimum Gasteiger partial charge on any atom is -0.493 e. The second kappa shape index (κ2) is 11.2. The zero-order valence-electron chi connectivity index (χ0n) is 21.8. The van der Waals surface area contributed by atoms with Gasteiger partial charge in [0.15, 0.2) is 17.2 Å². The van der Waals surface area contributed by atoms with Crippen molar-refractivity contribution in [3.05, 3.63) is 72.6 Å². The van der Waals surface area contributed by atoms with Crippen LogP contribution in [0.25, 0.3) is 5.65 Å². The molecule has 1 aliphatic heterocycles. The van der Waals surface area contributed by atoms with Crippen molar-refractivity contribution in [1.82, 2.24) is 24.5 Å². The van der Waals surface area contributed by atoms with E-state index in [2.05, 4.69) is 47.2 Å². The fourth-order valence-electron chi connectivity index (χ4n) is 4.67. The van der Waals surface area contributed by atoms with Crippen LogP contribution in [0.1, 0.15) is 30.0 Å². The van der Waals surface area contributed by atoms with E-state index in [9.17, 15) is 4.79 Å². The number of pyridine rings is 1. The molecule has 10 heteroatoms. The zero-order valence-corrected chi connectivity index (χ0v) is 22.6. The van der Waals surface area contributed by atoms with Gasteiger partial charge in [0.05, 0.1) is 13.3 Å². The number of amides is 1. The first-order valence-corrected chi connectivity index (χ1v) is 13.3. The molecule has 5 rings (SSSR count). The minimum atomic E-state index is -0.254. The van der Waals surface area contributed by atoms with Crippen LogP contribution < -0.4 is 15.4 Å². The fourth-order valence-corrected chi connectivity index (χ4v) is 5.65. The summed E-state index contributed by atoms with van der Waals surface area (Å²) in [6.07, 6.45) is 5.20. The summed E-state index contributed by atoms with van der Waals surface area (Å²) in [6.45, 7) is 7.75. The highest BCUT2D eigenvalue weighted by Gasteiger charge is 2.23. The van der Waals surface area contributed by atoms with Gasteiger partial charge >= 0.3 is 0 Å². The number of fused-ring (bicyclic) bond motifs is 1. The smallest absolute Gasteiger partial charge is 0.247 e. The Kier molecular flexibility index (Phi) is 7.62. The van der Waals surface area contributed by atoms with Gasteiger partial charge in [-0.05, 0) is 81.7 Å². The number of nitrogens with zero attached hydrogens (tertiary/aromatic N) is 5. The van der Waals surface area contributed by atoms with Gasteiger partial charge in [0.1, 0.15) is 10.8 Å². The topological polar surface area (TPSA) is 96.7 Å². The molecule has 0 spiro atoms. The number of nitrogens with one attached hydrogen (secondary N) is 2. The van der Waals surface area contributed by atoms with Crippen molar-refractivity contribution < 1.29 is 9.53 Å². The van der Waals surface area contributed by atoms with E-state index in [0.717, 1.165) is 41.5 Å². The highest BCUT2D eigenvalue weighted by atomic mass is 32.2. The Morgan fingerprint density at radius 1 is 1.18 bits per heavy atom. The lowest BCUT2D eigenvalue weighted by Crippen LogP contribution is -2.29. The lowest BCUT2D eigenvalue weighted by Gasteiger charge is -2.30. The van der Waals surface area contributed by atoms with E-state index in [1.807, 2.05) is 36.4 Å². The van der Waals surface area contributed by atoms with Crippen LogP contribution in [0.2, 0.25) is 0 Å². The quantitative estimate of drug-likeness (QED) is 0.235. The molecule has 0 bridgehead atoms. The summed E-state index contributed by atoms with van der Waals surface area (Å²) in [6, 6.07) is 13.5. The van der Waals surface area contributed by atoms with Gasteiger partial charge in [0, 0.05) is 28.4 Å². The first-order valence-electron chi connectivity index (χ1n) is 12.5. The maximum absolute atomic E-state index is 11.7. The number of carbonyl (C=O) groups is 1. The molecule has 1 amide bonds. The van der Waals surface area contributed by atoms with Crippen LogP contribution >= 0.6 is 11.8 Å². The molecule has 0 radical (unpaired) electrons. The Labute approximate surface area is 226 Å². The molecule has 4 heterocycles. The van der Waals surface area contributed by atoms with E-state index in [4.69, 9.17) is 14.7 Å². The van der Waals surface area contributed by atoms with Crippen molar-refractivity contribution in [2.45, 2.75) is 35.6 Å². The van der Waals surface area contributed by atoms with Gasteiger partial charge in [-0.15, -0.1) is 0 Å². The summed E-state index contributed by atoms with van der Waals surface area (Å²) in [5.41, 5.74) is 3.64. The van der Waals surface area contributed by atoms with Gasteiger partial charge in [-0.25, -0.2) is 14.5 Å². The number of ether oxygens (including phenoxy) is 1. The van der Waals surface area contributed by atoms with Gasteiger partial charge in [-0.1, -0.05) is 24.4 Å². The van der Waals surface area contributed by atoms with Crippen LogP contribution in [0.3, 0.4) is 0 Å². The molecule has 0 atom stereocenters. The maximum atomic E-state index is 11.7. The molecule has 1 saturated heterocycles. The highest BCUT2D eigenvalue weighted by molar-refractivity contribution is 7.99. The summed E-state index contributed by atoms with van der Waals surface area (Å²) >= 11 is 1.52. The van der Waals surface area contributed by atoms with E-state index in [-0.39, 0.29) is 5.91 Å². The van der Waals surface area contributed by atoms with Crippen LogP contribution in [0.15, 0.2) is 71.2 Å². The van der Waals surface area contributed by atoms with Crippen molar-refractivity contribution in [2.75, 3.05) is 37.9 Å². The molecule has 1 aromatic carbocycles. The van der Waals surface area contributed by atoms with Crippen molar-refractivity contribution in [3.63, 3.8) is 0 Å². The number of rotatable bonds is 8. The molecule has 3 aromatic heterocycles. The third-order valence-electron chi connectivity index (χ3n) is 6.68. The molecule has 0 saturated carbocycles. The normalized spacial score (nSPS) is 14.4. The van der Waals surface area contributed by atoms with E-state index < -0.39 is 0 Å². The Morgan fingerprint density at radius 2 is 2.00 bits per heavy atom. The molecule has 1 aliphatic rings. The van der Waals surface area contributed by atoms with Gasteiger partial charge in [0.25, 0.3) is 0 Å². The monoisotopic (exact) mass is 529 g/mol. The Bertz CT molecular complexity index is 1480. The number of carbonyl (C=O) groups excluding carboxylic acids is 1. The van der Waals surface area contributed by atoms with Gasteiger partial charge in [-0.3, -0.25) is 4.79 Å². The molecule has 2 N–H and O–H groups in total. The van der Waals surface area contributed by atoms with Gasteiger partial charge < -0.3 is 20.3 Å². The molecular weight excluding hydrogens is 498 g/mol. The second-order valence-corrected chi connectivity index (χ2v) is 10.4. The third-order valence-corrected chi connectivity index (χ3v) is 7.67. The number of hydrogen-bond donors (Lipinski definition) is 2.